The largest absolute Gasteiger partial charge is 0.497 e. The molecule has 0 radical (unpaired) electrons. The van der Waals surface area contributed by atoms with Gasteiger partial charge in [0.05, 0.1) is 7.11 Å². The third kappa shape index (κ3) is 3.04. The third-order valence-corrected chi connectivity index (χ3v) is 2.42. The Bertz CT molecular complexity index is 271. The van der Waals surface area contributed by atoms with Crippen LogP contribution in [0.4, 0.5) is 0 Å². The normalized spacial score (nSPS) is 12.5. The van der Waals surface area contributed by atoms with Crippen molar-refractivity contribution in [3.8, 4) is 5.75 Å². The highest BCUT2D eigenvalue weighted by Gasteiger charge is 2.05. The lowest BCUT2D eigenvalue weighted by atomic mass is 9.98. The fraction of sp³-hybridized carbons (Fsp3) is 0.500. The minimum atomic E-state index is 0.519. The van der Waals surface area contributed by atoms with Crippen LogP contribution in [0.15, 0.2) is 24.3 Å². The highest BCUT2D eigenvalue weighted by molar-refractivity contribution is 5.30. The van der Waals surface area contributed by atoms with Crippen molar-refractivity contribution in [2.45, 2.75) is 19.3 Å². The second-order valence-electron chi connectivity index (χ2n) is 3.46. The molecule has 0 heterocycles. The monoisotopic (exact) mass is 194 g/mol. The van der Waals surface area contributed by atoms with E-state index in [4.69, 9.17) is 9.47 Å². The maximum atomic E-state index is 5.18. The Balaban J connectivity index is 2.64. The first-order valence-corrected chi connectivity index (χ1v) is 4.90. The minimum absolute atomic E-state index is 0.519. The van der Waals surface area contributed by atoms with Gasteiger partial charge >= 0.3 is 0 Å². The summed E-state index contributed by atoms with van der Waals surface area (Å²) in [5.74, 6) is 1.44. The van der Waals surface area contributed by atoms with E-state index in [1.165, 1.54) is 5.56 Å². The van der Waals surface area contributed by atoms with E-state index in [1.54, 1.807) is 14.2 Å². The van der Waals surface area contributed by atoms with E-state index in [0.29, 0.717) is 5.92 Å². The van der Waals surface area contributed by atoms with Gasteiger partial charge in [0.15, 0.2) is 0 Å². The SMILES string of the molecule is COCCC(C)c1cccc(OC)c1. The Labute approximate surface area is 85.8 Å². The fourth-order valence-corrected chi connectivity index (χ4v) is 1.41. The van der Waals surface area contributed by atoms with Gasteiger partial charge in [-0.3, -0.25) is 0 Å². The highest BCUT2D eigenvalue weighted by Crippen LogP contribution is 2.22. The van der Waals surface area contributed by atoms with E-state index >= 15 is 0 Å². The molecule has 0 bridgehead atoms. The van der Waals surface area contributed by atoms with Gasteiger partial charge in [0.25, 0.3) is 0 Å². The molecule has 1 aromatic rings. The van der Waals surface area contributed by atoms with Crippen LogP contribution in [-0.4, -0.2) is 20.8 Å². The van der Waals surface area contributed by atoms with Crippen molar-refractivity contribution in [3.05, 3.63) is 29.8 Å². The van der Waals surface area contributed by atoms with Gasteiger partial charge in [-0.1, -0.05) is 19.1 Å². The van der Waals surface area contributed by atoms with Gasteiger partial charge in [0, 0.05) is 13.7 Å². The number of ether oxygens (including phenoxy) is 2. The zero-order valence-electron chi connectivity index (χ0n) is 9.12. The van der Waals surface area contributed by atoms with Crippen LogP contribution in [-0.2, 0) is 4.74 Å². The molecule has 0 saturated heterocycles. The van der Waals surface area contributed by atoms with Crippen LogP contribution in [0.5, 0.6) is 5.75 Å². The Kier molecular flexibility index (Phi) is 4.47. The summed E-state index contributed by atoms with van der Waals surface area (Å²) >= 11 is 0. The van der Waals surface area contributed by atoms with Crippen molar-refractivity contribution in [2.75, 3.05) is 20.8 Å². The average molecular weight is 194 g/mol. The lowest BCUT2D eigenvalue weighted by molar-refractivity contribution is 0.189. The zero-order valence-corrected chi connectivity index (χ0v) is 9.12. The Hall–Kier alpha value is -1.02. The maximum absolute atomic E-state index is 5.18. The number of hydrogen-bond acceptors (Lipinski definition) is 2. The molecule has 0 saturated carbocycles. The van der Waals surface area contributed by atoms with Crippen molar-refractivity contribution >= 4 is 0 Å². The lowest BCUT2D eigenvalue weighted by Crippen LogP contribution is -1.99. The predicted octanol–water partition coefficient (Wildman–Crippen LogP) is 2.84. The Morgan fingerprint density at radius 1 is 1.29 bits per heavy atom. The summed E-state index contributed by atoms with van der Waals surface area (Å²) in [4.78, 5) is 0. The molecule has 0 amide bonds. The first-order chi connectivity index (χ1) is 6.77. The molecule has 0 fully saturated rings. The molecule has 78 valence electrons. The van der Waals surface area contributed by atoms with Gasteiger partial charge in [-0.05, 0) is 30.0 Å². The second kappa shape index (κ2) is 5.66. The lowest BCUT2D eigenvalue weighted by Gasteiger charge is -2.12. The maximum Gasteiger partial charge on any atom is 0.119 e. The third-order valence-electron chi connectivity index (χ3n) is 2.42. The Morgan fingerprint density at radius 2 is 2.07 bits per heavy atom. The molecule has 1 unspecified atom stereocenters. The van der Waals surface area contributed by atoms with Crippen molar-refractivity contribution in [3.63, 3.8) is 0 Å². The van der Waals surface area contributed by atoms with Crippen LogP contribution in [0, 0.1) is 0 Å². The number of benzene rings is 1. The zero-order chi connectivity index (χ0) is 10.4. The molecule has 2 heteroatoms. The summed E-state index contributed by atoms with van der Waals surface area (Å²) in [6.07, 6.45) is 1.05. The van der Waals surface area contributed by atoms with Crippen molar-refractivity contribution in [1.29, 1.82) is 0 Å². The van der Waals surface area contributed by atoms with E-state index in [1.807, 2.05) is 12.1 Å². The molecule has 0 aromatic heterocycles. The summed E-state index contributed by atoms with van der Waals surface area (Å²) in [6.45, 7) is 3.01. The first kappa shape index (κ1) is 11.1. The minimum Gasteiger partial charge on any atom is -0.497 e. The number of methoxy groups -OCH3 is 2. The van der Waals surface area contributed by atoms with E-state index in [-0.39, 0.29) is 0 Å². The van der Waals surface area contributed by atoms with Gasteiger partial charge < -0.3 is 9.47 Å². The molecule has 0 aliphatic heterocycles. The quantitative estimate of drug-likeness (QED) is 0.717. The molecule has 14 heavy (non-hydrogen) atoms. The second-order valence-corrected chi connectivity index (χ2v) is 3.46. The van der Waals surface area contributed by atoms with Gasteiger partial charge in [0.2, 0.25) is 0 Å². The number of hydrogen-bond donors (Lipinski definition) is 0. The summed E-state index contributed by atoms with van der Waals surface area (Å²) in [6, 6.07) is 8.20. The summed E-state index contributed by atoms with van der Waals surface area (Å²) < 4.78 is 10.2. The smallest absolute Gasteiger partial charge is 0.119 e. The van der Waals surface area contributed by atoms with Crippen LogP contribution in [0.1, 0.15) is 24.8 Å². The Morgan fingerprint density at radius 3 is 2.71 bits per heavy atom. The van der Waals surface area contributed by atoms with Gasteiger partial charge in [-0.2, -0.15) is 0 Å². The van der Waals surface area contributed by atoms with Crippen LogP contribution in [0.25, 0.3) is 0 Å². The molecule has 0 aliphatic rings. The van der Waals surface area contributed by atoms with Gasteiger partial charge in [-0.15, -0.1) is 0 Å². The molecule has 1 atom stereocenters. The molecule has 1 rings (SSSR count). The molecule has 0 aliphatic carbocycles. The van der Waals surface area contributed by atoms with Crippen molar-refractivity contribution in [2.24, 2.45) is 0 Å². The molecule has 2 nitrogen and oxygen atoms in total. The van der Waals surface area contributed by atoms with E-state index < -0.39 is 0 Å². The summed E-state index contributed by atoms with van der Waals surface area (Å²) in [5, 5.41) is 0. The molecular weight excluding hydrogens is 176 g/mol. The van der Waals surface area contributed by atoms with E-state index in [9.17, 15) is 0 Å². The van der Waals surface area contributed by atoms with E-state index in [0.717, 1.165) is 18.8 Å². The van der Waals surface area contributed by atoms with Crippen LogP contribution in [0.2, 0.25) is 0 Å². The van der Waals surface area contributed by atoms with Gasteiger partial charge in [0.1, 0.15) is 5.75 Å². The van der Waals surface area contributed by atoms with Crippen LogP contribution >= 0.6 is 0 Å². The van der Waals surface area contributed by atoms with Crippen LogP contribution < -0.4 is 4.74 Å². The number of rotatable bonds is 5. The van der Waals surface area contributed by atoms with Crippen LogP contribution in [0.3, 0.4) is 0 Å². The highest BCUT2D eigenvalue weighted by atomic mass is 16.5. The average Bonchev–Trinajstić information content (AvgIpc) is 2.26. The topological polar surface area (TPSA) is 18.5 Å². The first-order valence-electron chi connectivity index (χ1n) is 4.90. The molecule has 0 spiro atoms. The summed E-state index contributed by atoms with van der Waals surface area (Å²) in [7, 11) is 3.43. The molecular formula is C12H18O2. The van der Waals surface area contributed by atoms with Crippen molar-refractivity contribution in [1.82, 2.24) is 0 Å². The van der Waals surface area contributed by atoms with Crippen molar-refractivity contribution < 1.29 is 9.47 Å². The summed E-state index contributed by atoms with van der Waals surface area (Å²) in [5.41, 5.74) is 1.31. The predicted molar refractivity (Wildman–Crippen MR) is 57.9 cm³/mol. The van der Waals surface area contributed by atoms with E-state index in [2.05, 4.69) is 19.1 Å². The standard InChI is InChI=1S/C12H18O2/c1-10(7-8-13-2)11-5-4-6-12(9-11)14-3/h4-6,9-10H,7-8H2,1-3H3. The van der Waals surface area contributed by atoms with Gasteiger partial charge in [-0.25, -0.2) is 0 Å². The molecule has 0 N–H and O–H groups in total. The molecule has 1 aromatic carbocycles. The fourth-order valence-electron chi connectivity index (χ4n) is 1.41.